The Bertz CT molecular complexity index is 1060. The molecule has 2 aliphatic heterocycles. The highest BCUT2D eigenvalue weighted by Gasteiger charge is 2.64. The van der Waals surface area contributed by atoms with Gasteiger partial charge in [-0.25, -0.2) is 10.3 Å². The minimum atomic E-state index is -0.710. The maximum absolute atomic E-state index is 13.6. The quantitative estimate of drug-likeness (QED) is 0.704. The molecule has 3 aromatic carbocycles. The van der Waals surface area contributed by atoms with Crippen molar-refractivity contribution in [3.63, 3.8) is 0 Å². The summed E-state index contributed by atoms with van der Waals surface area (Å²) < 4.78 is 0. The van der Waals surface area contributed by atoms with Crippen molar-refractivity contribution >= 4 is 23.2 Å². The van der Waals surface area contributed by atoms with E-state index in [0.717, 1.165) is 11.3 Å². The van der Waals surface area contributed by atoms with E-state index in [1.54, 1.807) is 12.1 Å². The average Bonchev–Trinajstić information content (AvgIpc) is 3.24. The van der Waals surface area contributed by atoms with Crippen molar-refractivity contribution in [2.24, 2.45) is 5.92 Å². The SMILES string of the molecule is CC1(c2ccccc2)NN(c2ccccc2)C2C(=O)N(c3ccccc3)C(=O)C21. The number of benzene rings is 3. The normalized spacial score (nSPS) is 26.1. The van der Waals surface area contributed by atoms with Gasteiger partial charge in [0.1, 0.15) is 6.04 Å². The van der Waals surface area contributed by atoms with Gasteiger partial charge in [0.2, 0.25) is 5.91 Å². The average molecular weight is 383 g/mol. The second kappa shape index (κ2) is 6.57. The molecule has 0 saturated carbocycles. The van der Waals surface area contributed by atoms with Crippen LogP contribution in [-0.2, 0) is 15.1 Å². The molecule has 2 heterocycles. The van der Waals surface area contributed by atoms with Gasteiger partial charge >= 0.3 is 0 Å². The summed E-state index contributed by atoms with van der Waals surface area (Å²) in [4.78, 5) is 28.5. The zero-order chi connectivity index (χ0) is 20.0. The largest absolute Gasteiger partial charge is 0.294 e. The van der Waals surface area contributed by atoms with Gasteiger partial charge in [0.15, 0.2) is 0 Å². The van der Waals surface area contributed by atoms with E-state index in [-0.39, 0.29) is 11.8 Å². The second-order valence-electron chi connectivity index (χ2n) is 7.66. The fourth-order valence-electron chi connectivity index (χ4n) is 4.54. The number of nitrogens with one attached hydrogen (secondary N) is 1. The fraction of sp³-hybridized carbons (Fsp3) is 0.167. The Morgan fingerprint density at radius 2 is 1.24 bits per heavy atom. The number of nitrogens with zero attached hydrogens (tertiary/aromatic N) is 2. The molecule has 2 aliphatic rings. The van der Waals surface area contributed by atoms with Crippen LogP contribution < -0.4 is 15.3 Å². The third-order valence-electron chi connectivity index (χ3n) is 5.95. The maximum atomic E-state index is 13.6. The standard InChI is InChI=1S/C24H21N3O2/c1-24(17-11-5-2-6-12-17)20-21(27(25-24)19-15-9-4-10-16-19)23(29)26(22(20)28)18-13-7-3-8-14-18/h2-16,20-21,25H,1H3. The van der Waals surface area contributed by atoms with Crippen LogP contribution in [0.1, 0.15) is 12.5 Å². The molecule has 3 aromatic rings. The molecule has 2 saturated heterocycles. The highest BCUT2D eigenvalue weighted by atomic mass is 16.2. The molecule has 0 radical (unpaired) electrons. The van der Waals surface area contributed by atoms with E-state index in [1.165, 1.54) is 4.90 Å². The number of hydrazine groups is 1. The summed E-state index contributed by atoms with van der Waals surface area (Å²) in [7, 11) is 0. The van der Waals surface area contributed by atoms with Gasteiger partial charge in [0.05, 0.1) is 22.8 Å². The molecule has 3 atom stereocenters. The third kappa shape index (κ3) is 2.58. The number of carbonyl (C=O) groups excluding carboxylic acids is 2. The van der Waals surface area contributed by atoms with Crippen LogP contribution in [0.5, 0.6) is 0 Å². The number of amides is 2. The molecule has 3 unspecified atom stereocenters. The number of carbonyl (C=O) groups is 2. The lowest BCUT2D eigenvalue weighted by molar-refractivity contribution is -0.123. The predicted octanol–water partition coefficient (Wildman–Crippen LogP) is 3.48. The van der Waals surface area contributed by atoms with E-state index >= 15 is 0 Å². The first kappa shape index (κ1) is 17.6. The second-order valence-corrected chi connectivity index (χ2v) is 7.66. The van der Waals surface area contributed by atoms with Gasteiger partial charge in [-0.1, -0.05) is 66.7 Å². The van der Waals surface area contributed by atoms with Crippen LogP contribution in [0, 0.1) is 5.92 Å². The lowest BCUT2D eigenvalue weighted by atomic mass is 9.79. The van der Waals surface area contributed by atoms with Gasteiger partial charge in [-0.15, -0.1) is 0 Å². The van der Waals surface area contributed by atoms with Crippen LogP contribution >= 0.6 is 0 Å². The van der Waals surface area contributed by atoms with Crippen molar-refractivity contribution < 1.29 is 9.59 Å². The Hall–Kier alpha value is -3.44. The molecule has 0 bridgehead atoms. The minimum Gasteiger partial charge on any atom is -0.294 e. The number of para-hydroxylation sites is 2. The summed E-state index contributed by atoms with van der Waals surface area (Å²) >= 11 is 0. The van der Waals surface area contributed by atoms with Crippen LogP contribution in [-0.4, -0.2) is 17.9 Å². The molecule has 0 aromatic heterocycles. The molecule has 144 valence electrons. The van der Waals surface area contributed by atoms with E-state index in [9.17, 15) is 9.59 Å². The molecular weight excluding hydrogens is 362 g/mol. The van der Waals surface area contributed by atoms with Crippen LogP contribution in [0.15, 0.2) is 91.0 Å². The van der Waals surface area contributed by atoms with Gasteiger partial charge in [0, 0.05) is 0 Å². The van der Waals surface area contributed by atoms with Crippen molar-refractivity contribution in [1.29, 1.82) is 0 Å². The molecule has 2 fully saturated rings. The first-order chi connectivity index (χ1) is 14.1. The summed E-state index contributed by atoms with van der Waals surface area (Å²) in [5.41, 5.74) is 5.24. The zero-order valence-corrected chi connectivity index (χ0v) is 16.0. The Kier molecular flexibility index (Phi) is 4.00. The minimum absolute atomic E-state index is 0.177. The first-order valence-corrected chi connectivity index (χ1v) is 9.72. The lowest BCUT2D eigenvalue weighted by Gasteiger charge is -2.32. The van der Waals surface area contributed by atoms with Crippen molar-refractivity contribution in [2.75, 3.05) is 9.91 Å². The molecule has 1 N–H and O–H groups in total. The van der Waals surface area contributed by atoms with Gasteiger partial charge in [-0.2, -0.15) is 0 Å². The number of anilines is 2. The van der Waals surface area contributed by atoms with E-state index in [4.69, 9.17) is 0 Å². The summed E-state index contributed by atoms with van der Waals surface area (Å²) in [5.74, 6) is -0.927. The van der Waals surface area contributed by atoms with Crippen LogP contribution in [0.25, 0.3) is 0 Å². The summed E-state index contributed by atoms with van der Waals surface area (Å²) in [6.45, 7) is 2.00. The van der Waals surface area contributed by atoms with Crippen LogP contribution in [0.4, 0.5) is 11.4 Å². The highest BCUT2D eigenvalue weighted by Crippen LogP contribution is 2.46. The molecule has 5 rings (SSSR count). The lowest BCUT2D eigenvalue weighted by Crippen LogP contribution is -2.50. The number of hydrogen-bond acceptors (Lipinski definition) is 4. The van der Waals surface area contributed by atoms with Crippen molar-refractivity contribution in [2.45, 2.75) is 18.5 Å². The van der Waals surface area contributed by atoms with Gasteiger partial charge in [-0.05, 0) is 36.8 Å². The van der Waals surface area contributed by atoms with E-state index in [1.807, 2.05) is 90.8 Å². The van der Waals surface area contributed by atoms with E-state index < -0.39 is 17.5 Å². The predicted molar refractivity (Wildman–Crippen MR) is 112 cm³/mol. The van der Waals surface area contributed by atoms with Crippen LogP contribution in [0.3, 0.4) is 0 Å². The topological polar surface area (TPSA) is 52.7 Å². The molecular formula is C24H21N3O2. The highest BCUT2D eigenvalue weighted by molar-refractivity contribution is 6.25. The smallest absolute Gasteiger partial charge is 0.258 e. The number of fused-ring (bicyclic) bond motifs is 1. The molecule has 2 amide bonds. The van der Waals surface area contributed by atoms with Crippen molar-refractivity contribution in [1.82, 2.24) is 5.43 Å². The molecule has 5 heteroatoms. The van der Waals surface area contributed by atoms with Gasteiger partial charge < -0.3 is 0 Å². The zero-order valence-electron chi connectivity index (χ0n) is 16.0. The van der Waals surface area contributed by atoms with Crippen molar-refractivity contribution in [3.8, 4) is 0 Å². The monoisotopic (exact) mass is 383 g/mol. The number of rotatable bonds is 3. The third-order valence-corrected chi connectivity index (χ3v) is 5.95. The summed E-state index contributed by atoms with van der Waals surface area (Å²) in [6.07, 6.45) is 0. The Labute approximate surface area is 169 Å². The van der Waals surface area contributed by atoms with Gasteiger partial charge in [-0.3, -0.25) is 14.6 Å². The van der Waals surface area contributed by atoms with Gasteiger partial charge in [0.25, 0.3) is 5.91 Å². The molecule has 0 aliphatic carbocycles. The Morgan fingerprint density at radius 3 is 1.83 bits per heavy atom. The maximum Gasteiger partial charge on any atom is 0.258 e. The Balaban J connectivity index is 1.66. The Morgan fingerprint density at radius 1 is 0.724 bits per heavy atom. The number of imide groups is 1. The molecule has 29 heavy (non-hydrogen) atoms. The van der Waals surface area contributed by atoms with Crippen molar-refractivity contribution in [3.05, 3.63) is 96.6 Å². The molecule has 5 nitrogen and oxygen atoms in total. The fourth-order valence-corrected chi connectivity index (χ4v) is 4.54. The van der Waals surface area contributed by atoms with E-state index in [2.05, 4.69) is 5.43 Å². The molecule has 0 spiro atoms. The van der Waals surface area contributed by atoms with E-state index in [0.29, 0.717) is 5.69 Å². The van der Waals surface area contributed by atoms with Crippen LogP contribution in [0.2, 0.25) is 0 Å². The summed E-state index contributed by atoms with van der Waals surface area (Å²) in [6, 6.07) is 28.1. The first-order valence-electron chi connectivity index (χ1n) is 9.72. The number of hydrogen-bond donors (Lipinski definition) is 1. The summed E-state index contributed by atoms with van der Waals surface area (Å²) in [5, 5.41) is 1.86.